The fourth-order valence-electron chi connectivity index (χ4n) is 4.36. The first-order valence-corrected chi connectivity index (χ1v) is 11.4. The molecule has 35 heavy (non-hydrogen) atoms. The number of rotatable bonds is 9. The molecule has 1 unspecified atom stereocenters. The van der Waals surface area contributed by atoms with Gasteiger partial charge >= 0.3 is 5.97 Å². The summed E-state index contributed by atoms with van der Waals surface area (Å²) in [7, 11) is 0. The van der Waals surface area contributed by atoms with Crippen LogP contribution in [0.15, 0.2) is 42.5 Å². The highest BCUT2D eigenvalue weighted by molar-refractivity contribution is 6.34. The van der Waals surface area contributed by atoms with Gasteiger partial charge < -0.3 is 19.5 Å². The normalized spacial score (nSPS) is 13.9. The number of hydrogen-bond donors (Lipinski definition) is 1. The Hall–Kier alpha value is -3.39. The van der Waals surface area contributed by atoms with Gasteiger partial charge in [0.15, 0.2) is 0 Å². The fourth-order valence-corrected chi connectivity index (χ4v) is 4.65. The molecule has 1 heterocycles. The van der Waals surface area contributed by atoms with Gasteiger partial charge in [-0.2, -0.15) is 0 Å². The molecule has 4 rings (SSSR count). The molecule has 1 aliphatic heterocycles. The van der Waals surface area contributed by atoms with Crippen molar-refractivity contribution in [2.24, 2.45) is 0 Å². The van der Waals surface area contributed by atoms with Crippen molar-refractivity contribution in [3.05, 3.63) is 71.1 Å². The van der Waals surface area contributed by atoms with Crippen molar-refractivity contribution in [1.29, 1.82) is 0 Å². The predicted molar refractivity (Wildman–Crippen MR) is 129 cm³/mol. The first kappa shape index (κ1) is 24.7. The molecule has 1 radical (unpaired) electrons. The highest BCUT2D eigenvalue weighted by atomic mass is 35.5. The van der Waals surface area contributed by atoms with Crippen LogP contribution >= 0.6 is 11.6 Å². The zero-order valence-electron chi connectivity index (χ0n) is 18.9. The molecule has 0 aliphatic carbocycles. The number of benzene rings is 3. The van der Waals surface area contributed by atoms with Crippen LogP contribution in [0.1, 0.15) is 40.7 Å². The highest BCUT2D eigenvalue weighted by Crippen LogP contribution is 2.47. The van der Waals surface area contributed by atoms with E-state index in [1.165, 1.54) is 11.0 Å². The molecule has 1 atom stereocenters. The molecule has 0 fully saturated rings. The minimum absolute atomic E-state index is 0.0222. The summed E-state index contributed by atoms with van der Waals surface area (Å²) in [5, 5.41) is 10.7. The maximum absolute atomic E-state index is 13.6. The third-order valence-corrected chi connectivity index (χ3v) is 6.19. The van der Waals surface area contributed by atoms with E-state index in [9.17, 15) is 23.5 Å². The molecule has 183 valence electrons. The second-order valence-electron chi connectivity index (χ2n) is 7.97. The second kappa shape index (κ2) is 10.1. The van der Waals surface area contributed by atoms with Gasteiger partial charge in [-0.3, -0.25) is 9.59 Å². The lowest BCUT2D eigenvalue weighted by atomic mass is 9.96. The Labute approximate surface area is 206 Å². The number of carboxylic acids is 1. The van der Waals surface area contributed by atoms with Gasteiger partial charge in [0.1, 0.15) is 18.1 Å². The Bertz CT molecular complexity index is 1300. The van der Waals surface area contributed by atoms with E-state index in [-0.39, 0.29) is 35.9 Å². The number of halogens is 3. The summed E-state index contributed by atoms with van der Waals surface area (Å²) < 4.78 is 37.5. The van der Waals surface area contributed by atoms with E-state index >= 15 is 0 Å². The summed E-state index contributed by atoms with van der Waals surface area (Å²) in [5.41, 5.74) is 1.48. The maximum Gasteiger partial charge on any atom is 0.310 e. The van der Waals surface area contributed by atoms with Gasteiger partial charge in [-0.05, 0) is 31.0 Å². The number of nitrogens with zero attached hydrogens (tertiary/aromatic N) is 1. The molecular weight excluding hydrogens is 480 g/mol. The third kappa shape index (κ3) is 4.50. The number of alkyl halides is 2. The standard InChI is InChI=1S/C26H23ClF2NO5/c1-3-15(26(32)33)14-9-10-20(19(27)11-14)30-12-18-22(25(30)31)24(34-4-2)17-8-6-5-7-16(17)23(18)35-13-21(28)29/h5-11,15,21H,1,3-4,12-13H2,2H3,(H,32,33). The highest BCUT2D eigenvalue weighted by Gasteiger charge is 2.38. The summed E-state index contributed by atoms with van der Waals surface area (Å²) in [6.07, 6.45) is -2.56. The summed E-state index contributed by atoms with van der Waals surface area (Å²) in [4.78, 5) is 26.6. The van der Waals surface area contributed by atoms with Crippen LogP contribution in [0, 0.1) is 6.92 Å². The minimum atomic E-state index is -2.69. The zero-order valence-corrected chi connectivity index (χ0v) is 19.6. The molecular formula is C26H23ClF2NO5. The lowest BCUT2D eigenvalue weighted by molar-refractivity contribution is -0.138. The molecule has 1 aliphatic rings. The van der Waals surface area contributed by atoms with Crippen molar-refractivity contribution in [1.82, 2.24) is 0 Å². The first-order valence-electron chi connectivity index (χ1n) is 11.0. The first-order chi connectivity index (χ1) is 16.8. The average molecular weight is 503 g/mol. The lowest BCUT2D eigenvalue weighted by Gasteiger charge is -2.19. The minimum Gasteiger partial charge on any atom is -0.492 e. The van der Waals surface area contributed by atoms with Crippen LogP contribution in [0.25, 0.3) is 10.8 Å². The Morgan fingerprint density at radius 3 is 2.43 bits per heavy atom. The lowest BCUT2D eigenvalue weighted by Crippen LogP contribution is -2.24. The molecule has 3 aromatic carbocycles. The number of carbonyl (C=O) groups is 2. The summed E-state index contributed by atoms with van der Waals surface area (Å²) in [5.74, 6) is -1.73. The number of anilines is 1. The van der Waals surface area contributed by atoms with Crippen molar-refractivity contribution in [2.45, 2.75) is 32.2 Å². The van der Waals surface area contributed by atoms with E-state index < -0.39 is 30.8 Å². The molecule has 0 bridgehead atoms. The third-order valence-electron chi connectivity index (χ3n) is 5.89. The molecule has 9 heteroatoms. The van der Waals surface area contributed by atoms with Crippen LogP contribution in [0.4, 0.5) is 14.5 Å². The van der Waals surface area contributed by atoms with E-state index in [2.05, 4.69) is 6.92 Å². The average Bonchev–Trinajstić information content (AvgIpc) is 3.15. The number of amides is 1. The van der Waals surface area contributed by atoms with Crippen molar-refractivity contribution in [2.75, 3.05) is 18.1 Å². The van der Waals surface area contributed by atoms with Crippen molar-refractivity contribution in [3.8, 4) is 11.5 Å². The van der Waals surface area contributed by atoms with Gasteiger partial charge in [0.25, 0.3) is 12.3 Å². The van der Waals surface area contributed by atoms with Gasteiger partial charge in [-0.25, -0.2) is 8.78 Å². The molecule has 1 N–H and O–H groups in total. The molecule has 0 aromatic heterocycles. The zero-order chi connectivity index (χ0) is 25.3. The molecule has 1 amide bonds. The van der Waals surface area contributed by atoms with E-state index in [0.717, 1.165) is 0 Å². The van der Waals surface area contributed by atoms with Crippen molar-refractivity contribution < 1.29 is 33.0 Å². The van der Waals surface area contributed by atoms with Crippen molar-refractivity contribution in [3.63, 3.8) is 0 Å². The Balaban J connectivity index is 1.84. The van der Waals surface area contributed by atoms with Crippen molar-refractivity contribution >= 4 is 39.9 Å². The summed E-state index contributed by atoms with van der Waals surface area (Å²) in [6.45, 7) is 4.95. The Morgan fingerprint density at radius 2 is 1.86 bits per heavy atom. The van der Waals surface area contributed by atoms with Crippen LogP contribution in [-0.4, -0.2) is 36.6 Å². The van der Waals surface area contributed by atoms with E-state index in [1.807, 2.05) is 0 Å². The van der Waals surface area contributed by atoms with Gasteiger partial charge in [-0.1, -0.05) is 48.9 Å². The van der Waals surface area contributed by atoms with Crippen LogP contribution in [-0.2, 0) is 11.3 Å². The van der Waals surface area contributed by atoms with Gasteiger partial charge in [0, 0.05) is 16.3 Å². The number of carboxylic acid groups (broad SMARTS) is 1. The fraction of sp³-hybridized carbons (Fsp3) is 0.269. The smallest absolute Gasteiger partial charge is 0.310 e. The van der Waals surface area contributed by atoms with Gasteiger partial charge in [0.05, 0.1) is 35.3 Å². The number of carbonyl (C=O) groups excluding carboxylic acids is 1. The predicted octanol–water partition coefficient (Wildman–Crippen LogP) is 6.09. The Kier molecular flexibility index (Phi) is 7.12. The van der Waals surface area contributed by atoms with Crippen LogP contribution in [0.5, 0.6) is 11.5 Å². The monoisotopic (exact) mass is 502 g/mol. The molecule has 0 saturated carbocycles. The SMILES string of the molecule is [CH2]CC(C(=O)O)c1ccc(N2Cc3c(c(OCC)c4ccccc4c3OCC(F)F)C2=O)c(Cl)c1. The summed E-state index contributed by atoms with van der Waals surface area (Å²) >= 11 is 6.50. The second-order valence-corrected chi connectivity index (χ2v) is 8.38. The van der Waals surface area contributed by atoms with E-state index in [0.29, 0.717) is 33.3 Å². The quantitative estimate of drug-likeness (QED) is 0.383. The molecule has 0 spiro atoms. The molecule has 3 aromatic rings. The summed E-state index contributed by atoms with van der Waals surface area (Å²) in [6, 6.07) is 11.7. The number of aliphatic carboxylic acids is 1. The van der Waals surface area contributed by atoms with Crippen LogP contribution in [0.2, 0.25) is 5.02 Å². The molecule has 0 saturated heterocycles. The number of fused-ring (bicyclic) bond motifs is 2. The molecule has 6 nitrogen and oxygen atoms in total. The van der Waals surface area contributed by atoms with Gasteiger partial charge in [-0.15, -0.1) is 0 Å². The largest absolute Gasteiger partial charge is 0.492 e. The topological polar surface area (TPSA) is 76.1 Å². The van der Waals surface area contributed by atoms with Crippen LogP contribution < -0.4 is 14.4 Å². The number of hydrogen-bond acceptors (Lipinski definition) is 4. The van der Waals surface area contributed by atoms with E-state index in [1.54, 1.807) is 43.3 Å². The number of ether oxygens (including phenoxy) is 2. The van der Waals surface area contributed by atoms with Crippen LogP contribution in [0.3, 0.4) is 0 Å². The van der Waals surface area contributed by atoms with E-state index in [4.69, 9.17) is 21.1 Å². The van der Waals surface area contributed by atoms with Gasteiger partial charge in [0.2, 0.25) is 0 Å². The maximum atomic E-state index is 13.6. The Morgan fingerprint density at radius 1 is 1.17 bits per heavy atom.